The number of aromatic nitrogens is 2. The highest BCUT2D eigenvalue weighted by Crippen LogP contribution is 2.29. The predicted molar refractivity (Wildman–Crippen MR) is 310 cm³/mol. The summed E-state index contributed by atoms with van der Waals surface area (Å²) in [5.74, 6) is -2.62. The molecule has 6 aromatic rings. The number of halogens is 5. The molecular weight excluding hydrogens is 1140 g/mol. The van der Waals surface area contributed by atoms with Gasteiger partial charge in [0.15, 0.2) is 0 Å². The van der Waals surface area contributed by atoms with Crippen LogP contribution in [0.15, 0.2) is 146 Å². The number of benzene rings is 4. The molecule has 0 saturated carbocycles. The van der Waals surface area contributed by atoms with Gasteiger partial charge in [-0.15, -0.1) is 0 Å². The first-order chi connectivity index (χ1) is 41.3. The standard InChI is InChI=1S/C33H39FN4O6.C29H32FN3O4.C2HF3O/c1-22(39)36-28(18-24-16-25(34)19-27(17-24)43-21-26-12-8-9-13-35-26)30(40)29-31(41)37(20-23-10-6-5-7-11-23)14-15-38(29)32(42)44-33(2,3)4;1-20(34)32-27(16-22-14-23(30)17-25(15-22)37-19-24-10-5-6-12-31-24)28(35)26-11-7-13-33(29(26)36)18-21-8-3-2-4-9-21;3-2(4,5)1-6/h5-13,16-17,19,28-30,40H,14-15,18,20-21H2,1-4H3,(H,36,39);2-6,8-10,12,14-15,17,26-28,35H,7,11,13,16,18-19H2,1H3,(H,32,34);1H/t28-,29-,30-;26-,27-,28+;/m00./s1. The van der Waals surface area contributed by atoms with Crippen LogP contribution in [0, 0.1) is 17.6 Å². The van der Waals surface area contributed by atoms with Crippen molar-refractivity contribution in [3.8, 4) is 11.5 Å². The maximum atomic E-state index is 14.7. The molecule has 23 heteroatoms. The third-order valence-electron chi connectivity index (χ3n) is 13.6. The number of aliphatic hydroxyl groups excluding tert-OH is 2. The van der Waals surface area contributed by atoms with E-state index in [2.05, 4.69) is 20.6 Å². The molecule has 0 radical (unpaired) electrons. The van der Waals surface area contributed by atoms with Gasteiger partial charge in [0, 0.05) is 71.1 Å². The van der Waals surface area contributed by atoms with Crippen LogP contribution in [-0.2, 0) is 67.9 Å². The molecule has 2 fully saturated rings. The second-order valence-electron chi connectivity index (χ2n) is 21.8. The minimum absolute atomic E-state index is 0.0525. The summed E-state index contributed by atoms with van der Waals surface area (Å²) in [6.07, 6.45) is -4.51. The molecular formula is C64H72F5N7O11. The summed E-state index contributed by atoms with van der Waals surface area (Å²) in [4.78, 5) is 86.4. The fourth-order valence-electron chi connectivity index (χ4n) is 9.83. The predicted octanol–water partition coefficient (Wildman–Crippen LogP) is 8.25. The SMILES string of the molecule is CC(=O)N[C@@H](Cc1cc(F)cc(OCc2ccccn2)c1)[C@H](O)[C@@H]1CCCN(Cc2ccccc2)C1=O.CC(=O)N[C@@H](Cc1cc(F)cc(OCc2ccccn2)c1)[C@H](O)[C@H]1C(=O)N(Cc2ccccc2)CCN1C(=O)OC(C)(C)C.O=CC(F)(F)F. The van der Waals surface area contributed by atoms with Gasteiger partial charge >= 0.3 is 12.3 Å². The Hall–Kier alpha value is -8.83. The fraction of sp³-hybridized carbons (Fsp3) is 0.375. The van der Waals surface area contributed by atoms with Gasteiger partial charge in [-0.3, -0.25) is 38.8 Å². The molecule has 2 aliphatic rings. The molecule has 464 valence electrons. The molecule has 87 heavy (non-hydrogen) atoms. The molecule has 2 aromatic heterocycles. The number of aldehydes is 1. The summed E-state index contributed by atoms with van der Waals surface area (Å²) < 4.78 is 77.4. The molecule has 4 aromatic carbocycles. The second-order valence-corrected chi connectivity index (χ2v) is 21.8. The Morgan fingerprint density at radius 3 is 1.51 bits per heavy atom. The maximum absolute atomic E-state index is 14.7. The number of hydrogen-bond acceptors (Lipinski definition) is 13. The topological polar surface area (TPSA) is 230 Å². The van der Waals surface area contributed by atoms with Crippen LogP contribution in [0.3, 0.4) is 0 Å². The average Bonchev–Trinajstić information content (AvgIpc) is 1.10. The lowest BCUT2D eigenvalue weighted by molar-refractivity contribution is -0.156. The van der Waals surface area contributed by atoms with Crippen molar-refractivity contribution in [1.82, 2.24) is 35.3 Å². The molecule has 6 atom stereocenters. The summed E-state index contributed by atoms with van der Waals surface area (Å²) in [7, 11) is 0. The number of ether oxygens (including phenoxy) is 3. The van der Waals surface area contributed by atoms with Gasteiger partial charge in [0.05, 0.1) is 35.5 Å². The Kier molecular flexibility index (Phi) is 24.8. The smallest absolute Gasteiger partial charge is 0.446 e. The molecule has 0 bridgehead atoms. The second kappa shape index (κ2) is 32.1. The lowest BCUT2D eigenvalue weighted by Crippen LogP contribution is -2.66. The van der Waals surface area contributed by atoms with E-state index in [1.54, 1.807) is 73.3 Å². The van der Waals surface area contributed by atoms with Gasteiger partial charge in [-0.05, 0) is 117 Å². The third kappa shape index (κ3) is 22.2. The van der Waals surface area contributed by atoms with Crippen LogP contribution >= 0.6 is 0 Å². The molecule has 18 nitrogen and oxygen atoms in total. The minimum Gasteiger partial charge on any atom is -0.487 e. The van der Waals surface area contributed by atoms with Crippen LogP contribution in [0.2, 0.25) is 0 Å². The molecule has 0 unspecified atom stereocenters. The number of piperidine rings is 1. The number of likely N-dealkylation sites (tertiary alicyclic amines) is 1. The summed E-state index contributed by atoms with van der Waals surface area (Å²) >= 11 is 0. The van der Waals surface area contributed by atoms with Crippen LogP contribution in [0.4, 0.5) is 26.7 Å². The number of nitrogens with zero attached hydrogens (tertiary/aromatic N) is 5. The fourth-order valence-corrected chi connectivity index (χ4v) is 9.83. The Labute approximate surface area is 501 Å². The summed E-state index contributed by atoms with van der Waals surface area (Å²) in [6, 6.07) is 35.1. The lowest BCUT2D eigenvalue weighted by atomic mass is 9.85. The minimum atomic E-state index is -4.64. The number of piperazine rings is 1. The van der Waals surface area contributed by atoms with Crippen LogP contribution in [0.1, 0.15) is 81.1 Å². The van der Waals surface area contributed by atoms with Crippen molar-refractivity contribution in [3.05, 3.63) is 191 Å². The molecule has 0 spiro atoms. The van der Waals surface area contributed by atoms with Crippen LogP contribution in [0.5, 0.6) is 11.5 Å². The largest absolute Gasteiger partial charge is 0.487 e. The monoisotopic (exact) mass is 1210 g/mol. The van der Waals surface area contributed by atoms with Crippen molar-refractivity contribution < 1.29 is 75.1 Å². The van der Waals surface area contributed by atoms with Gasteiger partial charge < -0.3 is 44.9 Å². The Morgan fingerprint density at radius 1 is 0.632 bits per heavy atom. The number of rotatable bonds is 20. The zero-order valence-electron chi connectivity index (χ0n) is 48.9. The van der Waals surface area contributed by atoms with Gasteiger partial charge in [0.1, 0.15) is 54.1 Å². The van der Waals surface area contributed by atoms with E-state index in [4.69, 9.17) is 19.0 Å². The number of aliphatic hydroxyl groups is 2. The number of pyridine rings is 2. The van der Waals surface area contributed by atoms with Gasteiger partial charge in [0.25, 0.3) is 0 Å². The normalized spacial score (nSPS) is 16.5. The van der Waals surface area contributed by atoms with E-state index in [0.29, 0.717) is 47.8 Å². The van der Waals surface area contributed by atoms with Crippen LogP contribution < -0.4 is 20.1 Å². The first-order valence-corrected chi connectivity index (χ1v) is 28.1. The number of nitrogens with one attached hydrogen (secondary N) is 2. The van der Waals surface area contributed by atoms with Crippen LogP contribution in [-0.4, -0.2) is 133 Å². The van der Waals surface area contributed by atoms with E-state index in [1.807, 2.05) is 78.9 Å². The maximum Gasteiger partial charge on any atom is 0.446 e. The van der Waals surface area contributed by atoms with Crippen molar-refractivity contribution in [3.63, 3.8) is 0 Å². The molecule has 8 rings (SSSR count). The summed E-state index contributed by atoms with van der Waals surface area (Å²) in [6.45, 7) is 9.74. The zero-order chi connectivity index (χ0) is 63.3. The molecule has 2 saturated heterocycles. The molecule has 4 N–H and O–H groups in total. The highest BCUT2D eigenvalue weighted by atomic mass is 19.4. The van der Waals surface area contributed by atoms with Gasteiger partial charge in [0.2, 0.25) is 29.9 Å². The summed E-state index contributed by atoms with van der Waals surface area (Å²) in [5.41, 5.74) is 3.36. The van der Waals surface area contributed by atoms with Gasteiger partial charge in [-0.25, -0.2) is 13.6 Å². The molecule has 2 aliphatic heterocycles. The first kappa shape index (κ1) is 67.3. The molecule has 4 heterocycles. The number of carbonyl (C=O) groups is 6. The first-order valence-electron chi connectivity index (χ1n) is 28.1. The number of alkyl halides is 3. The van der Waals surface area contributed by atoms with E-state index in [0.717, 1.165) is 17.5 Å². The van der Waals surface area contributed by atoms with Crippen molar-refractivity contribution in [1.29, 1.82) is 0 Å². The van der Waals surface area contributed by atoms with Crippen molar-refractivity contribution >= 4 is 36.0 Å². The highest BCUT2D eigenvalue weighted by molar-refractivity contribution is 5.88. The Balaban J connectivity index is 0.000000257. The number of amides is 5. The quantitative estimate of drug-likeness (QED) is 0.0417. The molecule has 0 aliphatic carbocycles. The van der Waals surface area contributed by atoms with Crippen LogP contribution in [0.25, 0.3) is 0 Å². The van der Waals surface area contributed by atoms with Crippen molar-refractivity contribution in [2.45, 2.75) is 129 Å². The highest BCUT2D eigenvalue weighted by Gasteiger charge is 2.46. The lowest BCUT2D eigenvalue weighted by Gasteiger charge is -2.44. The van der Waals surface area contributed by atoms with Gasteiger partial charge in [-0.2, -0.15) is 13.2 Å². The Bertz CT molecular complexity index is 3200. The van der Waals surface area contributed by atoms with E-state index in [1.165, 1.54) is 43.0 Å². The van der Waals surface area contributed by atoms with Crippen molar-refractivity contribution in [2.24, 2.45) is 5.92 Å². The Morgan fingerprint density at radius 2 is 1.08 bits per heavy atom. The number of carbonyl (C=O) groups excluding carboxylic acids is 6. The zero-order valence-corrected chi connectivity index (χ0v) is 48.9. The van der Waals surface area contributed by atoms with Crippen molar-refractivity contribution in [2.75, 3.05) is 19.6 Å². The summed E-state index contributed by atoms with van der Waals surface area (Å²) in [5, 5.41) is 28.5. The van der Waals surface area contributed by atoms with Gasteiger partial charge in [-0.1, -0.05) is 72.8 Å². The van der Waals surface area contributed by atoms with E-state index in [-0.39, 0.29) is 63.3 Å². The van der Waals surface area contributed by atoms with E-state index >= 15 is 0 Å². The van der Waals surface area contributed by atoms with E-state index in [9.17, 15) is 56.1 Å². The third-order valence-corrected chi connectivity index (χ3v) is 13.6. The average molecular weight is 1210 g/mol. The van der Waals surface area contributed by atoms with E-state index < -0.39 is 83.9 Å². The number of hydrogen-bond donors (Lipinski definition) is 4. The molecule has 5 amide bonds.